The van der Waals surface area contributed by atoms with Crippen LogP contribution in [0, 0.1) is 29.6 Å². The first-order valence-electron chi connectivity index (χ1n) is 7.27. The lowest BCUT2D eigenvalue weighted by atomic mass is 9.52. The van der Waals surface area contributed by atoms with Gasteiger partial charge >= 0.3 is 0 Å². The van der Waals surface area contributed by atoms with Crippen LogP contribution < -0.4 is 11.1 Å². The predicted molar refractivity (Wildman–Crippen MR) is 67.1 cm³/mol. The molecule has 0 aromatic carbocycles. The number of nitrogens with one attached hydrogen (secondary N) is 1. The van der Waals surface area contributed by atoms with Crippen molar-refractivity contribution in [3.05, 3.63) is 0 Å². The molecule has 92 valence electrons. The van der Waals surface area contributed by atoms with Gasteiger partial charge in [0.25, 0.3) is 0 Å². The molecule has 4 rings (SSSR count). The summed E-state index contributed by atoms with van der Waals surface area (Å²) in [5, 5.41) is 3.63. The highest BCUT2D eigenvalue weighted by molar-refractivity contribution is 4.98. The summed E-state index contributed by atoms with van der Waals surface area (Å²) in [5.41, 5.74) is 5.52. The van der Waals surface area contributed by atoms with Crippen molar-refractivity contribution in [3.8, 4) is 0 Å². The SMILES string of the molecule is NCCCNCC1C2CC3CC(C2)CC1C3. The molecule has 0 aromatic rings. The summed E-state index contributed by atoms with van der Waals surface area (Å²) in [6.07, 6.45) is 8.91. The lowest BCUT2D eigenvalue weighted by Crippen LogP contribution is -2.48. The van der Waals surface area contributed by atoms with E-state index in [1.807, 2.05) is 0 Å². The summed E-state index contributed by atoms with van der Waals surface area (Å²) in [5.74, 6) is 5.37. The summed E-state index contributed by atoms with van der Waals surface area (Å²) >= 11 is 0. The molecule has 0 atom stereocenters. The van der Waals surface area contributed by atoms with Gasteiger partial charge in [-0.3, -0.25) is 0 Å². The zero-order valence-corrected chi connectivity index (χ0v) is 10.3. The fourth-order valence-electron chi connectivity index (χ4n) is 4.87. The lowest BCUT2D eigenvalue weighted by Gasteiger charge is -2.54. The normalized spacial score (nSPS) is 45.2. The van der Waals surface area contributed by atoms with Crippen LogP contribution in [0.4, 0.5) is 0 Å². The Bertz CT molecular complexity index is 211. The van der Waals surface area contributed by atoms with Gasteiger partial charge in [0.1, 0.15) is 0 Å². The van der Waals surface area contributed by atoms with Gasteiger partial charge < -0.3 is 11.1 Å². The minimum absolute atomic E-state index is 0.828. The molecule has 3 N–H and O–H groups in total. The van der Waals surface area contributed by atoms with Crippen molar-refractivity contribution < 1.29 is 0 Å². The first kappa shape index (κ1) is 11.0. The Labute approximate surface area is 99.4 Å². The van der Waals surface area contributed by atoms with Gasteiger partial charge in [-0.25, -0.2) is 0 Å². The third-order valence-electron chi connectivity index (χ3n) is 5.36. The molecule has 0 heterocycles. The molecule has 0 radical (unpaired) electrons. The Kier molecular flexibility index (Phi) is 3.21. The Hall–Kier alpha value is -0.0800. The molecule has 0 aliphatic heterocycles. The van der Waals surface area contributed by atoms with Crippen molar-refractivity contribution in [1.82, 2.24) is 5.32 Å². The molecule has 0 amide bonds. The largest absolute Gasteiger partial charge is 0.330 e. The molecular formula is C14H26N2. The molecule has 2 nitrogen and oxygen atoms in total. The van der Waals surface area contributed by atoms with E-state index < -0.39 is 0 Å². The molecule has 2 heteroatoms. The molecule has 4 aliphatic carbocycles. The lowest BCUT2D eigenvalue weighted by molar-refractivity contribution is -0.0353. The minimum atomic E-state index is 0.828. The Morgan fingerprint density at radius 2 is 1.56 bits per heavy atom. The molecule has 4 bridgehead atoms. The standard InChI is InChI=1S/C14H26N2/c15-2-1-3-16-9-14-12-5-10-4-11(7-12)8-13(14)6-10/h10-14,16H,1-9,15H2. The fraction of sp³-hybridized carbons (Fsp3) is 1.00. The summed E-state index contributed by atoms with van der Waals surface area (Å²) in [6.45, 7) is 3.22. The second-order valence-electron chi connectivity index (χ2n) is 6.44. The molecule has 4 aliphatic rings. The van der Waals surface area contributed by atoms with Crippen LogP contribution in [0.15, 0.2) is 0 Å². The van der Waals surface area contributed by atoms with Crippen molar-refractivity contribution in [2.24, 2.45) is 35.3 Å². The van der Waals surface area contributed by atoms with Gasteiger partial charge in [-0.05, 0) is 87.7 Å². The molecule has 4 saturated carbocycles. The first-order valence-corrected chi connectivity index (χ1v) is 7.27. The third kappa shape index (κ3) is 2.02. The fourth-order valence-corrected chi connectivity index (χ4v) is 4.87. The van der Waals surface area contributed by atoms with Crippen LogP contribution in [0.2, 0.25) is 0 Å². The highest BCUT2D eigenvalue weighted by Crippen LogP contribution is 2.56. The highest BCUT2D eigenvalue weighted by atomic mass is 14.9. The van der Waals surface area contributed by atoms with Gasteiger partial charge in [-0.2, -0.15) is 0 Å². The Morgan fingerprint density at radius 3 is 2.12 bits per heavy atom. The van der Waals surface area contributed by atoms with E-state index >= 15 is 0 Å². The second kappa shape index (κ2) is 4.66. The monoisotopic (exact) mass is 222 g/mol. The molecule has 0 unspecified atom stereocenters. The average molecular weight is 222 g/mol. The number of hydrogen-bond acceptors (Lipinski definition) is 2. The van der Waals surface area contributed by atoms with E-state index in [-0.39, 0.29) is 0 Å². The van der Waals surface area contributed by atoms with E-state index in [1.54, 1.807) is 32.1 Å². The Morgan fingerprint density at radius 1 is 0.938 bits per heavy atom. The summed E-state index contributed by atoms with van der Waals surface area (Å²) in [6, 6.07) is 0. The van der Waals surface area contributed by atoms with Crippen molar-refractivity contribution in [2.45, 2.75) is 38.5 Å². The van der Waals surface area contributed by atoms with Gasteiger partial charge in [-0.15, -0.1) is 0 Å². The molecular weight excluding hydrogens is 196 g/mol. The number of nitrogens with two attached hydrogens (primary N) is 1. The van der Waals surface area contributed by atoms with Gasteiger partial charge in [0.05, 0.1) is 0 Å². The molecule has 0 saturated heterocycles. The van der Waals surface area contributed by atoms with Gasteiger partial charge in [0.2, 0.25) is 0 Å². The van der Waals surface area contributed by atoms with Gasteiger partial charge in [-0.1, -0.05) is 0 Å². The van der Waals surface area contributed by atoms with Crippen LogP contribution in [-0.4, -0.2) is 19.6 Å². The van der Waals surface area contributed by atoms with E-state index in [9.17, 15) is 0 Å². The minimum Gasteiger partial charge on any atom is -0.330 e. The van der Waals surface area contributed by atoms with Crippen LogP contribution in [0.1, 0.15) is 38.5 Å². The molecule has 0 aromatic heterocycles. The molecule has 0 spiro atoms. The second-order valence-corrected chi connectivity index (χ2v) is 6.44. The van der Waals surface area contributed by atoms with E-state index in [0.29, 0.717) is 0 Å². The van der Waals surface area contributed by atoms with E-state index in [4.69, 9.17) is 5.73 Å². The van der Waals surface area contributed by atoms with Crippen molar-refractivity contribution >= 4 is 0 Å². The molecule has 16 heavy (non-hydrogen) atoms. The van der Waals surface area contributed by atoms with Crippen LogP contribution >= 0.6 is 0 Å². The zero-order valence-electron chi connectivity index (χ0n) is 10.3. The van der Waals surface area contributed by atoms with E-state index in [0.717, 1.165) is 49.1 Å². The Balaban J connectivity index is 1.52. The quantitative estimate of drug-likeness (QED) is 0.698. The maximum atomic E-state index is 5.52. The van der Waals surface area contributed by atoms with Crippen LogP contribution in [0.3, 0.4) is 0 Å². The van der Waals surface area contributed by atoms with E-state index in [1.165, 1.54) is 6.54 Å². The third-order valence-corrected chi connectivity index (χ3v) is 5.36. The van der Waals surface area contributed by atoms with Crippen molar-refractivity contribution in [1.29, 1.82) is 0 Å². The topological polar surface area (TPSA) is 38.0 Å². The van der Waals surface area contributed by atoms with Crippen LogP contribution in [-0.2, 0) is 0 Å². The number of hydrogen-bond donors (Lipinski definition) is 2. The zero-order chi connectivity index (χ0) is 11.0. The summed E-state index contributed by atoms with van der Waals surface area (Å²) in [7, 11) is 0. The van der Waals surface area contributed by atoms with Crippen molar-refractivity contribution in [2.75, 3.05) is 19.6 Å². The first-order chi connectivity index (χ1) is 7.86. The van der Waals surface area contributed by atoms with Gasteiger partial charge in [0.15, 0.2) is 0 Å². The van der Waals surface area contributed by atoms with Gasteiger partial charge in [0, 0.05) is 0 Å². The van der Waals surface area contributed by atoms with Crippen LogP contribution in [0.25, 0.3) is 0 Å². The predicted octanol–water partition coefficient (Wildman–Crippen LogP) is 2.00. The average Bonchev–Trinajstić information content (AvgIpc) is 2.26. The van der Waals surface area contributed by atoms with Crippen molar-refractivity contribution in [3.63, 3.8) is 0 Å². The maximum Gasteiger partial charge on any atom is -0.00152 e. The van der Waals surface area contributed by atoms with Crippen LogP contribution in [0.5, 0.6) is 0 Å². The van der Waals surface area contributed by atoms with E-state index in [2.05, 4.69) is 5.32 Å². The maximum absolute atomic E-state index is 5.52. The highest BCUT2D eigenvalue weighted by Gasteiger charge is 2.47. The molecule has 4 fully saturated rings. The number of rotatable bonds is 5. The smallest absolute Gasteiger partial charge is 0.00152 e. The summed E-state index contributed by atoms with van der Waals surface area (Å²) < 4.78 is 0. The summed E-state index contributed by atoms with van der Waals surface area (Å²) in [4.78, 5) is 0.